The van der Waals surface area contributed by atoms with Crippen LogP contribution >= 0.6 is 8.60 Å². The van der Waals surface area contributed by atoms with Crippen LogP contribution in [0.3, 0.4) is 0 Å². The molecule has 4 rings (SSSR count). The van der Waals surface area contributed by atoms with E-state index in [0.717, 1.165) is 0 Å². The predicted octanol–water partition coefficient (Wildman–Crippen LogP) is 0.596. The second-order valence-electron chi connectivity index (χ2n) is 8.71. The Labute approximate surface area is 214 Å². The molecule has 3 aliphatic rings. The molecule has 0 bridgehead atoms. The molecular weight excluding hydrogens is 499 g/mol. The largest absolute Gasteiger partial charge is 0.427 e. The standard InChI is InChI=1S/C24H27N6O6P/c1-2-9-28-14-23(32)30-21(11-16-3-6-18(7-4-16)36-37(34)35)24(33)27(13-22(30)29(28)15-31)12-17-5-8-19(25)20(26)10-17/h2-8,10,15,21-22,25-26,34-35H,1,9,11-14H2. The highest BCUT2D eigenvalue weighted by Crippen LogP contribution is 2.31. The molecule has 1 aromatic carbocycles. The van der Waals surface area contributed by atoms with Gasteiger partial charge in [0.25, 0.3) is 0 Å². The fraction of sp³-hybridized carbons (Fsp3) is 0.292. The number of fused-ring (bicyclic) bond motifs is 1. The Balaban J connectivity index is 1.65. The number of carbonyl (C=O) groups is 3. The summed E-state index contributed by atoms with van der Waals surface area (Å²) in [5, 5.41) is 18.7. The number of nitrogens with one attached hydrogen (secondary N) is 2. The van der Waals surface area contributed by atoms with Gasteiger partial charge in [-0.15, -0.1) is 6.58 Å². The van der Waals surface area contributed by atoms with E-state index in [0.29, 0.717) is 17.5 Å². The summed E-state index contributed by atoms with van der Waals surface area (Å²) in [7, 11) is -2.57. The van der Waals surface area contributed by atoms with Crippen LogP contribution < -0.4 is 4.52 Å². The quantitative estimate of drug-likeness (QED) is 0.159. The van der Waals surface area contributed by atoms with Gasteiger partial charge in [0.05, 0.1) is 24.5 Å². The van der Waals surface area contributed by atoms with Crippen molar-refractivity contribution in [1.29, 1.82) is 10.8 Å². The topological polar surface area (TPSA) is 162 Å². The normalized spacial score (nSPS) is 22.4. The molecule has 2 unspecified atom stereocenters. The first-order chi connectivity index (χ1) is 17.7. The van der Waals surface area contributed by atoms with Crippen LogP contribution in [-0.4, -0.2) is 97.6 Å². The number of allylic oxidation sites excluding steroid dienone is 2. The summed E-state index contributed by atoms with van der Waals surface area (Å²) >= 11 is 0. The molecule has 0 spiro atoms. The molecule has 0 saturated carbocycles. The molecule has 0 radical (unpaired) electrons. The number of carbonyl (C=O) groups excluding carboxylic acids is 3. The first-order valence-corrected chi connectivity index (χ1v) is 12.6. The van der Waals surface area contributed by atoms with E-state index in [1.165, 1.54) is 22.1 Å². The molecular formula is C24H27N6O6P. The van der Waals surface area contributed by atoms with E-state index in [1.54, 1.807) is 46.3 Å². The molecule has 13 heteroatoms. The highest BCUT2D eigenvalue weighted by atomic mass is 31.2. The van der Waals surface area contributed by atoms with Crippen LogP contribution in [0, 0.1) is 10.8 Å². The highest BCUT2D eigenvalue weighted by Gasteiger charge is 2.49. The highest BCUT2D eigenvalue weighted by molar-refractivity contribution is 7.39. The van der Waals surface area contributed by atoms with Crippen molar-refractivity contribution < 1.29 is 28.7 Å². The molecule has 2 atom stereocenters. The first kappa shape index (κ1) is 26.4. The van der Waals surface area contributed by atoms with Crippen LogP contribution in [0.2, 0.25) is 0 Å². The van der Waals surface area contributed by atoms with Gasteiger partial charge < -0.3 is 24.1 Å². The van der Waals surface area contributed by atoms with E-state index in [-0.39, 0.29) is 61.6 Å². The SMILES string of the molecule is C=CCN1CC(=O)N2C(Cc3ccc(OP(O)O)cc3)C(=O)N(CC3=CC(=N)C(=N)C=C3)CC2N1C=O. The minimum absolute atomic E-state index is 0.0383. The summed E-state index contributed by atoms with van der Waals surface area (Å²) in [6.07, 6.45) is 6.37. The second-order valence-corrected chi connectivity index (χ2v) is 9.40. The molecule has 194 valence electrons. The van der Waals surface area contributed by atoms with Gasteiger partial charge in [0.1, 0.15) is 18.0 Å². The Hall–Kier alpha value is -3.70. The van der Waals surface area contributed by atoms with E-state index in [4.69, 9.17) is 25.1 Å². The van der Waals surface area contributed by atoms with Gasteiger partial charge in [-0.25, -0.2) is 5.01 Å². The van der Waals surface area contributed by atoms with Crippen molar-refractivity contribution in [1.82, 2.24) is 19.8 Å². The molecule has 0 aromatic heterocycles. The lowest BCUT2D eigenvalue weighted by molar-refractivity contribution is -0.198. The lowest BCUT2D eigenvalue weighted by atomic mass is 9.97. The van der Waals surface area contributed by atoms with Gasteiger partial charge in [-0.2, -0.15) is 0 Å². The van der Waals surface area contributed by atoms with Gasteiger partial charge in [0.2, 0.25) is 18.2 Å². The van der Waals surface area contributed by atoms with Gasteiger partial charge in [-0.05, 0) is 35.4 Å². The number of piperazine rings is 1. The van der Waals surface area contributed by atoms with Crippen molar-refractivity contribution in [3.05, 3.63) is 66.3 Å². The van der Waals surface area contributed by atoms with Crippen molar-refractivity contribution >= 4 is 38.3 Å². The zero-order valence-corrected chi connectivity index (χ0v) is 20.8. The zero-order valence-electron chi connectivity index (χ0n) is 19.9. The first-order valence-electron chi connectivity index (χ1n) is 11.4. The Morgan fingerprint density at radius 3 is 2.49 bits per heavy atom. The number of hydrogen-bond donors (Lipinski definition) is 4. The maximum Gasteiger partial charge on any atom is 0.391 e. The van der Waals surface area contributed by atoms with Crippen molar-refractivity contribution in [2.75, 3.05) is 26.2 Å². The van der Waals surface area contributed by atoms with E-state index >= 15 is 0 Å². The van der Waals surface area contributed by atoms with Gasteiger partial charge in [0, 0.05) is 19.5 Å². The summed E-state index contributed by atoms with van der Waals surface area (Å²) in [5.74, 6) is -0.343. The fourth-order valence-electron chi connectivity index (χ4n) is 4.66. The summed E-state index contributed by atoms with van der Waals surface area (Å²) in [4.78, 5) is 60.3. The fourth-order valence-corrected chi connectivity index (χ4v) is 4.97. The van der Waals surface area contributed by atoms with E-state index in [2.05, 4.69) is 6.58 Å². The van der Waals surface area contributed by atoms with Crippen molar-refractivity contribution in [3.63, 3.8) is 0 Å². The Morgan fingerprint density at radius 2 is 1.86 bits per heavy atom. The van der Waals surface area contributed by atoms with Crippen LogP contribution in [0.15, 0.2) is 60.7 Å². The van der Waals surface area contributed by atoms with Crippen LogP contribution in [0.5, 0.6) is 5.75 Å². The molecule has 2 heterocycles. The predicted molar refractivity (Wildman–Crippen MR) is 135 cm³/mol. The smallest absolute Gasteiger partial charge is 0.391 e. The van der Waals surface area contributed by atoms with E-state index in [1.807, 2.05) is 0 Å². The third-order valence-corrected chi connectivity index (χ3v) is 6.69. The van der Waals surface area contributed by atoms with Crippen molar-refractivity contribution in [3.8, 4) is 5.75 Å². The Morgan fingerprint density at radius 1 is 1.14 bits per heavy atom. The third kappa shape index (κ3) is 5.67. The van der Waals surface area contributed by atoms with Crippen LogP contribution in [0.25, 0.3) is 0 Å². The monoisotopic (exact) mass is 526 g/mol. The average molecular weight is 526 g/mol. The van der Waals surface area contributed by atoms with Crippen LogP contribution in [0.4, 0.5) is 0 Å². The zero-order chi connectivity index (χ0) is 26.7. The summed E-state index contributed by atoms with van der Waals surface area (Å²) in [6, 6.07) is 5.53. The van der Waals surface area contributed by atoms with E-state index < -0.39 is 20.8 Å². The number of nitrogens with zero attached hydrogens (tertiary/aromatic N) is 4. The lowest BCUT2D eigenvalue weighted by Crippen LogP contribution is -2.75. The summed E-state index contributed by atoms with van der Waals surface area (Å²) in [6.45, 7) is 4.12. The Kier molecular flexibility index (Phi) is 7.94. The summed E-state index contributed by atoms with van der Waals surface area (Å²) in [5.41, 5.74) is 1.48. The molecule has 37 heavy (non-hydrogen) atoms. The van der Waals surface area contributed by atoms with Crippen LogP contribution in [-0.2, 0) is 20.8 Å². The molecule has 2 aliphatic heterocycles. The van der Waals surface area contributed by atoms with Crippen molar-refractivity contribution in [2.45, 2.75) is 18.6 Å². The number of benzene rings is 1. The van der Waals surface area contributed by atoms with Gasteiger partial charge in [-0.3, -0.25) is 30.2 Å². The van der Waals surface area contributed by atoms with Gasteiger partial charge in [-0.1, -0.05) is 24.3 Å². The maximum absolute atomic E-state index is 13.7. The summed E-state index contributed by atoms with van der Waals surface area (Å²) < 4.78 is 4.90. The molecule has 1 aromatic rings. The number of hydrazine groups is 1. The van der Waals surface area contributed by atoms with E-state index in [9.17, 15) is 14.4 Å². The minimum atomic E-state index is -2.57. The molecule has 2 fully saturated rings. The number of hydrogen-bond acceptors (Lipinski definition) is 9. The molecule has 12 nitrogen and oxygen atoms in total. The maximum atomic E-state index is 13.7. The van der Waals surface area contributed by atoms with Gasteiger partial charge in [0.15, 0.2) is 0 Å². The number of amides is 3. The molecule has 4 N–H and O–H groups in total. The van der Waals surface area contributed by atoms with Crippen LogP contribution in [0.1, 0.15) is 5.56 Å². The average Bonchev–Trinajstić information content (AvgIpc) is 2.85. The molecule has 3 amide bonds. The van der Waals surface area contributed by atoms with Gasteiger partial charge >= 0.3 is 8.60 Å². The van der Waals surface area contributed by atoms with Crippen molar-refractivity contribution in [2.24, 2.45) is 0 Å². The second kappa shape index (κ2) is 11.1. The Bertz CT molecular complexity index is 1180. The minimum Gasteiger partial charge on any atom is -0.427 e. The number of rotatable bonds is 9. The third-order valence-electron chi connectivity index (χ3n) is 6.32. The molecule has 2 saturated heterocycles. The molecule has 1 aliphatic carbocycles. The lowest BCUT2D eigenvalue weighted by Gasteiger charge is -2.54.